The lowest BCUT2D eigenvalue weighted by Gasteiger charge is -2.19. The van der Waals surface area contributed by atoms with Crippen molar-refractivity contribution in [3.8, 4) is 5.75 Å². The first kappa shape index (κ1) is 16.6. The second-order valence-electron chi connectivity index (χ2n) is 5.44. The number of rotatable bonds is 4. The number of nitro benzene ring substituents is 1. The molecule has 0 aromatic heterocycles. The van der Waals surface area contributed by atoms with Crippen LogP contribution in [0.3, 0.4) is 0 Å². The van der Waals surface area contributed by atoms with Crippen molar-refractivity contribution in [1.29, 1.82) is 0 Å². The van der Waals surface area contributed by atoms with Gasteiger partial charge in [0.05, 0.1) is 17.0 Å². The number of nitro groups is 1. The number of nitrogens with one attached hydrogen (secondary N) is 2. The molecule has 0 saturated carbocycles. The predicted molar refractivity (Wildman–Crippen MR) is 75.0 cm³/mol. The molecule has 0 atom stereocenters. The molecule has 0 aliphatic carbocycles. The summed E-state index contributed by atoms with van der Waals surface area (Å²) in [5.41, 5.74) is -0.972. The summed E-state index contributed by atoms with van der Waals surface area (Å²) in [4.78, 5) is 33.4. The average Bonchev–Trinajstić information content (AvgIpc) is 2.35. The molecule has 114 valence electrons. The van der Waals surface area contributed by atoms with Gasteiger partial charge in [0.2, 0.25) is 5.91 Å². The highest BCUT2D eigenvalue weighted by molar-refractivity contribution is 6.07. The summed E-state index contributed by atoms with van der Waals surface area (Å²) in [6.45, 7) is 5.47. The van der Waals surface area contributed by atoms with E-state index in [9.17, 15) is 24.8 Å². The van der Waals surface area contributed by atoms with Crippen molar-refractivity contribution in [2.24, 2.45) is 0 Å². The van der Waals surface area contributed by atoms with Gasteiger partial charge in [-0.15, -0.1) is 0 Å². The van der Waals surface area contributed by atoms with E-state index in [1.807, 2.05) is 20.8 Å². The third-order valence-corrected chi connectivity index (χ3v) is 2.47. The molecular formula is C13H17N3O5. The molecule has 0 heterocycles. The van der Waals surface area contributed by atoms with Crippen LogP contribution in [-0.4, -0.2) is 33.9 Å². The van der Waals surface area contributed by atoms with Crippen LogP contribution >= 0.6 is 0 Å². The van der Waals surface area contributed by atoms with Gasteiger partial charge in [0.15, 0.2) is 0 Å². The van der Waals surface area contributed by atoms with Gasteiger partial charge in [0.25, 0.3) is 11.6 Å². The van der Waals surface area contributed by atoms with Crippen molar-refractivity contribution in [3.63, 3.8) is 0 Å². The second kappa shape index (κ2) is 6.31. The maximum atomic E-state index is 11.8. The third kappa shape index (κ3) is 5.19. The lowest BCUT2D eigenvalue weighted by Crippen LogP contribution is -2.44. The zero-order chi connectivity index (χ0) is 16.2. The van der Waals surface area contributed by atoms with Crippen molar-refractivity contribution < 1.29 is 19.6 Å². The first-order valence-corrected chi connectivity index (χ1v) is 6.17. The number of carbonyl (C=O) groups is 2. The van der Waals surface area contributed by atoms with Gasteiger partial charge in [-0.3, -0.25) is 25.0 Å². The monoisotopic (exact) mass is 295 g/mol. The van der Waals surface area contributed by atoms with Gasteiger partial charge in [-0.2, -0.15) is 0 Å². The Kier molecular flexibility index (Phi) is 4.98. The van der Waals surface area contributed by atoms with Crippen molar-refractivity contribution in [1.82, 2.24) is 10.6 Å². The van der Waals surface area contributed by atoms with Crippen molar-refractivity contribution in [2.45, 2.75) is 26.3 Å². The molecule has 1 aromatic carbocycles. The van der Waals surface area contributed by atoms with Gasteiger partial charge < -0.3 is 10.4 Å². The first-order valence-electron chi connectivity index (χ1n) is 6.17. The first-order chi connectivity index (χ1) is 9.60. The van der Waals surface area contributed by atoms with Crippen LogP contribution in [0.25, 0.3) is 0 Å². The van der Waals surface area contributed by atoms with E-state index < -0.39 is 22.5 Å². The summed E-state index contributed by atoms with van der Waals surface area (Å²) in [5, 5.41) is 25.1. The van der Waals surface area contributed by atoms with Gasteiger partial charge in [-0.05, 0) is 26.8 Å². The summed E-state index contributed by atoms with van der Waals surface area (Å²) >= 11 is 0. The molecule has 0 aliphatic heterocycles. The van der Waals surface area contributed by atoms with E-state index in [2.05, 4.69) is 10.6 Å². The minimum Gasteiger partial charge on any atom is -0.507 e. The van der Waals surface area contributed by atoms with E-state index in [-0.39, 0.29) is 23.3 Å². The maximum absolute atomic E-state index is 11.8. The van der Waals surface area contributed by atoms with E-state index in [0.29, 0.717) is 0 Å². The highest BCUT2D eigenvalue weighted by Crippen LogP contribution is 2.22. The standard InChI is InChI=1S/C13H17N3O5/c1-13(2,3)14-7-11(18)15-12(19)9-6-8(16(20)21)4-5-10(9)17/h4-6,14,17H,7H2,1-3H3,(H,15,18,19). The molecule has 3 N–H and O–H groups in total. The molecule has 0 radical (unpaired) electrons. The maximum Gasteiger partial charge on any atom is 0.270 e. The fourth-order valence-corrected chi connectivity index (χ4v) is 1.40. The van der Waals surface area contributed by atoms with Crippen LogP contribution in [0.5, 0.6) is 5.75 Å². The predicted octanol–water partition coefficient (Wildman–Crippen LogP) is 0.945. The Labute approximate surface area is 121 Å². The molecule has 2 amide bonds. The number of aromatic hydroxyl groups is 1. The largest absolute Gasteiger partial charge is 0.507 e. The van der Waals surface area contributed by atoms with Crippen LogP contribution in [0, 0.1) is 10.1 Å². The molecule has 0 bridgehead atoms. The number of carbonyl (C=O) groups excluding carboxylic acids is 2. The number of phenols is 1. The van der Waals surface area contributed by atoms with Crippen LogP contribution < -0.4 is 10.6 Å². The Balaban J connectivity index is 2.78. The van der Waals surface area contributed by atoms with Gasteiger partial charge in [-0.1, -0.05) is 0 Å². The highest BCUT2D eigenvalue weighted by Gasteiger charge is 2.19. The van der Waals surface area contributed by atoms with Crippen LogP contribution in [0.15, 0.2) is 18.2 Å². The number of nitrogens with zero attached hydrogens (tertiary/aromatic N) is 1. The normalized spacial score (nSPS) is 11.0. The molecule has 1 rings (SSSR count). The minimum atomic E-state index is -0.892. The number of amides is 2. The zero-order valence-corrected chi connectivity index (χ0v) is 12.0. The second-order valence-corrected chi connectivity index (χ2v) is 5.44. The average molecular weight is 295 g/mol. The Morgan fingerprint density at radius 1 is 1.33 bits per heavy atom. The molecule has 0 aliphatic rings. The quantitative estimate of drug-likeness (QED) is 0.561. The topological polar surface area (TPSA) is 122 Å². The molecule has 1 aromatic rings. The van der Waals surface area contributed by atoms with E-state index in [4.69, 9.17) is 0 Å². The summed E-state index contributed by atoms with van der Waals surface area (Å²) in [6.07, 6.45) is 0. The molecule has 8 heteroatoms. The molecular weight excluding hydrogens is 278 g/mol. The SMILES string of the molecule is CC(C)(C)NCC(=O)NC(=O)c1cc([N+](=O)[O-])ccc1O. The number of phenolic OH excluding ortho intramolecular Hbond substituents is 1. The Hall–Kier alpha value is -2.48. The van der Waals surface area contributed by atoms with E-state index in [0.717, 1.165) is 18.2 Å². The number of benzene rings is 1. The summed E-state index contributed by atoms with van der Waals surface area (Å²) < 4.78 is 0. The van der Waals surface area contributed by atoms with E-state index >= 15 is 0 Å². The zero-order valence-electron chi connectivity index (χ0n) is 12.0. The molecule has 0 saturated heterocycles. The minimum absolute atomic E-state index is 0.0923. The van der Waals surface area contributed by atoms with Gasteiger partial charge in [0, 0.05) is 17.7 Å². The summed E-state index contributed by atoms with van der Waals surface area (Å²) in [7, 11) is 0. The molecule has 21 heavy (non-hydrogen) atoms. The van der Waals surface area contributed by atoms with Crippen LogP contribution in [0.1, 0.15) is 31.1 Å². The van der Waals surface area contributed by atoms with Gasteiger partial charge >= 0.3 is 0 Å². The fraction of sp³-hybridized carbons (Fsp3) is 0.385. The fourth-order valence-electron chi connectivity index (χ4n) is 1.40. The van der Waals surface area contributed by atoms with Crippen molar-refractivity contribution in [3.05, 3.63) is 33.9 Å². The number of hydrogen-bond acceptors (Lipinski definition) is 6. The number of non-ortho nitro benzene ring substituents is 1. The molecule has 0 unspecified atom stereocenters. The lowest BCUT2D eigenvalue weighted by atomic mass is 10.1. The number of imide groups is 1. The Morgan fingerprint density at radius 3 is 2.48 bits per heavy atom. The third-order valence-electron chi connectivity index (χ3n) is 2.47. The molecule has 0 fully saturated rings. The van der Waals surface area contributed by atoms with Crippen LogP contribution in [0.2, 0.25) is 0 Å². The van der Waals surface area contributed by atoms with Crippen molar-refractivity contribution in [2.75, 3.05) is 6.54 Å². The van der Waals surface area contributed by atoms with Crippen molar-refractivity contribution >= 4 is 17.5 Å². The number of hydrogen-bond donors (Lipinski definition) is 3. The van der Waals surface area contributed by atoms with E-state index in [1.54, 1.807) is 0 Å². The van der Waals surface area contributed by atoms with Gasteiger partial charge in [-0.25, -0.2) is 0 Å². The molecule has 0 spiro atoms. The summed E-state index contributed by atoms with van der Waals surface area (Å²) in [6, 6.07) is 3.01. The van der Waals surface area contributed by atoms with Crippen LogP contribution in [0.4, 0.5) is 5.69 Å². The van der Waals surface area contributed by atoms with Gasteiger partial charge in [0.1, 0.15) is 5.75 Å². The van der Waals surface area contributed by atoms with E-state index in [1.165, 1.54) is 0 Å². The Bertz CT molecular complexity index is 578. The van der Waals surface area contributed by atoms with Crippen LogP contribution in [-0.2, 0) is 4.79 Å². The summed E-state index contributed by atoms with van der Waals surface area (Å²) in [5.74, 6) is -1.92. The Morgan fingerprint density at radius 2 is 1.95 bits per heavy atom. The molecule has 8 nitrogen and oxygen atoms in total. The smallest absolute Gasteiger partial charge is 0.270 e. The highest BCUT2D eigenvalue weighted by atomic mass is 16.6. The lowest BCUT2D eigenvalue weighted by molar-refractivity contribution is -0.384.